The SMILES string of the molecule is CCCCCCCC(CC(=O)OO)CC(=O)OO. The van der Waals surface area contributed by atoms with E-state index in [9.17, 15) is 9.59 Å². The van der Waals surface area contributed by atoms with Gasteiger partial charge in [-0.2, -0.15) is 10.5 Å². The molecule has 0 aromatic carbocycles. The lowest BCUT2D eigenvalue weighted by molar-refractivity contribution is -0.238. The average Bonchev–Trinajstić information content (AvgIpc) is 2.37. The van der Waals surface area contributed by atoms with Crippen LogP contribution in [-0.4, -0.2) is 22.5 Å². The van der Waals surface area contributed by atoms with Crippen LogP contribution in [0.2, 0.25) is 0 Å². The molecule has 2 N–H and O–H groups in total. The number of unbranched alkanes of at least 4 members (excludes halogenated alkanes) is 4. The largest absolute Gasteiger partial charge is 0.342 e. The van der Waals surface area contributed by atoms with Crippen LogP contribution >= 0.6 is 0 Å². The van der Waals surface area contributed by atoms with Crippen LogP contribution in [0.1, 0.15) is 58.3 Å². The van der Waals surface area contributed by atoms with Crippen LogP contribution in [0.3, 0.4) is 0 Å². The maximum absolute atomic E-state index is 10.9. The highest BCUT2D eigenvalue weighted by atomic mass is 17.1. The summed E-state index contributed by atoms with van der Waals surface area (Å²) in [5.41, 5.74) is 0. The van der Waals surface area contributed by atoms with Crippen molar-refractivity contribution in [1.29, 1.82) is 0 Å². The van der Waals surface area contributed by atoms with Gasteiger partial charge < -0.3 is 9.78 Å². The Morgan fingerprint density at radius 3 is 1.89 bits per heavy atom. The van der Waals surface area contributed by atoms with Crippen LogP contribution in [0.4, 0.5) is 0 Å². The first-order valence-electron chi connectivity index (χ1n) is 6.32. The Morgan fingerprint density at radius 1 is 0.944 bits per heavy atom. The first-order chi connectivity index (χ1) is 8.63. The van der Waals surface area contributed by atoms with Gasteiger partial charge >= 0.3 is 11.9 Å². The van der Waals surface area contributed by atoms with Crippen molar-refractivity contribution >= 4 is 11.9 Å². The molecule has 6 nitrogen and oxygen atoms in total. The molecule has 6 heteroatoms. The molecule has 0 saturated heterocycles. The van der Waals surface area contributed by atoms with Crippen LogP contribution in [0.15, 0.2) is 0 Å². The maximum atomic E-state index is 10.9. The minimum absolute atomic E-state index is 0.0562. The van der Waals surface area contributed by atoms with Gasteiger partial charge in [-0.15, -0.1) is 0 Å². The predicted molar refractivity (Wildman–Crippen MR) is 63.5 cm³/mol. The number of carbonyl (C=O) groups excluding carboxylic acids is 2. The molecule has 0 aliphatic carbocycles. The van der Waals surface area contributed by atoms with Gasteiger partial charge in [-0.1, -0.05) is 39.0 Å². The molecule has 0 amide bonds. The predicted octanol–water partition coefficient (Wildman–Crippen LogP) is 2.78. The summed E-state index contributed by atoms with van der Waals surface area (Å²) in [5.74, 6) is -1.83. The van der Waals surface area contributed by atoms with E-state index in [2.05, 4.69) is 16.7 Å². The Kier molecular flexibility index (Phi) is 10.3. The van der Waals surface area contributed by atoms with Crippen LogP contribution < -0.4 is 0 Å². The van der Waals surface area contributed by atoms with Crippen LogP contribution in [0.5, 0.6) is 0 Å². The highest BCUT2D eigenvalue weighted by Crippen LogP contribution is 2.19. The van der Waals surface area contributed by atoms with Crippen molar-refractivity contribution in [3.05, 3.63) is 0 Å². The molecular weight excluding hydrogens is 240 g/mol. The molecule has 0 rings (SSSR count). The number of hydrogen-bond acceptors (Lipinski definition) is 6. The van der Waals surface area contributed by atoms with Gasteiger partial charge in [0.15, 0.2) is 0 Å². The van der Waals surface area contributed by atoms with Gasteiger partial charge in [-0.25, -0.2) is 9.59 Å². The molecular formula is C12H22O6. The lowest BCUT2D eigenvalue weighted by Gasteiger charge is -2.12. The van der Waals surface area contributed by atoms with Crippen molar-refractivity contribution in [2.75, 3.05) is 0 Å². The summed E-state index contributed by atoms with van der Waals surface area (Å²) < 4.78 is 0. The van der Waals surface area contributed by atoms with E-state index >= 15 is 0 Å². The molecule has 0 aliphatic heterocycles. The van der Waals surface area contributed by atoms with E-state index < -0.39 is 11.9 Å². The topological polar surface area (TPSA) is 93.1 Å². The normalized spacial score (nSPS) is 10.4. The summed E-state index contributed by atoms with van der Waals surface area (Å²) in [7, 11) is 0. The second kappa shape index (κ2) is 11.0. The number of rotatable bonds is 10. The van der Waals surface area contributed by atoms with Crippen molar-refractivity contribution in [3.8, 4) is 0 Å². The lowest BCUT2D eigenvalue weighted by atomic mass is 9.94. The van der Waals surface area contributed by atoms with Gasteiger partial charge in [0.1, 0.15) is 0 Å². The molecule has 0 aromatic heterocycles. The third-order valence-electron chi connectivity index (χ3n) is 2.83. The molecule has 106 valence electrons. The number of carbonyl (C=O) groups is 2. The van der Waals surface area contributed by atoms with Gasteiger partial charge in [-0.3, -0.25) is 0 Å². The molecule has 0 fully saturated rings. The van der Waals surface area contributed by atoms with Gasteiger partial charge in [-0.05, 0) is 12.3 Å². The van der Waals surface area contributed by atoms with E-state index in [4.69, 9.17) is 10.5 Å². The standard InChI is InChI=1S/C12H22O6/c1-2-3-4-5-6-7-10(8-11(13)17-15)9-12(14)18-16/h10,15-16H,2-9H2,1H3. The summed E-state index contributed by atoms with van der Waals surface area (Å²) in [5, 5.41) is 16.4. The summed E-state index contributed by atoms with van der Waals surface area (Å²) in [4.78, 5) is 29.1. The zero-order valence-corrected chi connectivity index (χ0v) is 10.8. The van der Waals surface area contributed by atoms with E-state index in [0.29, 0.717) is 6.42 Å². The fraction of sp³-hybridized carbons (Fsp3) is 0.833. The molecule has 0 heterocycles. The summed E-state index contributed by atoms with van der Waals surface area (Å²) in [6, 6.07) is 0. The zero-order valence-electron chi connectivity index (χ0n) is 10.8. The van der Waals surface area contributed by atoms with Crippen molar-refractivity contribution in [1.82, 2.24) is 0 Å². The first-order valence-corrected chi connectivity index (χ1v) is 6.32. The highest BCUT2D eigenvalue weighted by Gasteiger charge is 2.19. The fourth-order valence-corrected chi connectivity index (χ4v) is 1.86. The van der Waals surface area contributed by atoms with E-state index in [-0.39, 0.29) is 18.8 Å². The van der Waals surface area contributed by atoms with Gasteiger partial charge in [0.25, 0.3) is 0 Å². The second-order valence-electron chi connectivity index (χ2n) is 4.40. The van der Waals surface area contributed by atoms with E-state index in [0.717, 1.165) is 25.7 Å². The van der Waals surface area contributed by atoms with Crippen molar-refractivity contribution < 1.29 is 29.9 Å². The van der Waals surface area contributed by atoms with Crippen LogP contribution in [-0.2, 0) is 19.4 Å². The highest BCUT2D eigenvalue weighted by molar-refractivity contribution is 5.72. The molecule has 18 heavy (non-hydrogen) atoms. The Morgan fingerprint density at radius 2 is 1.44 bits per heavy atom. The number of hydrogen-bond donors (Lipinski definition) is 2. The lowest BCUT2D eigenvalue weighted by Crippen LogP contribution is -2.15. The minimum Gasteiger partial charge on any atom is -0.301 e. The van der Waals surface area contributed by atoms with Crippen molar-refractivity contribution in [2.24, 2.45) is 5.92 Å². The van der Waals surface area contributed by atoms with E-state index in [1.165, 1.54) is 6.42 Å². The summed E-state index contributed by atoms with van der Waals surface area (Å²) in [6.45, 7) is 2.12. The van der Waals surface area contributed by atoms with Crippen LogP contribution in [0, 0.1) is 5.92 Å². The Hall–Kier alpha value is -1.14. The quantitative estimate of drug-likeness (QED) is 0.357. The molecule has 0 aliphatic rings. The molecule has 0 unspecified atom stereocenters. The van der Waals surface area contributed by atoms with Gasteiger partial charge in [0.05, 0.1) is 12.8 Å². The van der Waals surface area contributed by atoms with Gasteiger partial charge in [0.2, 0.25) is 0 Å². The maximum Gasteiger partial charge on any atom is 0.342 e. The van der Waals surface area contributed by atoms with Crippen molar-refractivity contribution in [3.63, 3.8) is 0 Å². The Balaban J connectivity index is 3.96. The monoisotopic (exact) mass is 262 g/mol. The smallest absolute Gasteiger partial charge is 0.301 e. The molecule has 0 atom stereocenters. The summed E-state index contributed by atoms with van der Waals surface area (Å²) in [6.07, 6.45) is 5.92. The molecule has 0 bridgehead atoms. The van der Waals surface area contributed by atoms with E-state index in [1.807, 2.05) is 0 Å². The average molecular weight is 262 g/mol. The first kappa shape index (κ1) is 16.9. The van der Waals surface area contributed by atoms with Crippen molar-refractivity contribution in [2.45, 2.75) is 58.3 Å². The molecule has 0 saturated carbocycles. The fourth-order valence-electron chi connectivity index (χ4n) is 1.86. The second-order valence-corrected chi connectivity index (χ2v) is 4.40. The Labute approximate surface area is 107 Å². The molecule has 0 radical (unpaired) electrons. The van der Waals surface area contributed by atoms with Crippen LogP contribution in [0.25, 0.3) is 0 Å². The Bertz CT molecular complexity index is 223. The zero-order chi connectivity index (χ0) is 13.8. The molecule has 0 spiro atoms. The molecule has 0 aromatic rings. The third-order valence-corrected chi connectivity index (χ3v) is 2.83. The minimum atomic E-state index is -0.778. The van der Waals surface area contributed by atoms with E-state index in [1.54, 1.807) is 0 Å². The third kappa shape index (κ3) is 8.95. The summed E-state index contributed by atoms with van der Waals surface area (Å²) >= 11 is 0. The van der Waals surface area contributed by atoms with Gasteiger partial charge in [0, 0.05) is 0 Å².